The molecule has 0 aliphatic carbocycles. The molecule has 3 nitrogen and oxygen atoms in total. The molecule has 1 aromatic carbocycles. The van der Waals surface area contributed by atoms with E-state index in [1.807, 2.05) is 11.8 Å². The van der Waals surface area contributed by atoms with Crippen LogP contribution in [0.15, 0.2) is 18.2 Å². The lowest BCUT2D eigenvalue weighted by molar-refractivity contribution is 0.1000. The number of halogens is 1. The van der Waals surface area contributed by atoms with Gasteiger partial charge < -0.3 is 11.1 Å². The van der Waals surface area contributed by atoms with Crippen LogP contribution in [0.25, 0.3) is 0 Å². The topological polar surface area (TPSA) is 55.1 Å². The zero-order valence-corrected chi connectivity index (χ0v) is 11.5. The van der Waals surface area contributed by atoms with E-state index in [1.54, 1.807) is 12.1 Å². The first kappa shape index (κ1) is 15.0. The Morgan fingerprint density at radius 2 is 2.28 bits per heavy atom. The number of amides is 1. The van der Waals surface area contributed by atoms with Gasteiger partial charge in [0.25, 0.3) is 0 Å². The predicted octanol–water partition coefficient (Wildman–Crippen LogP) is 2.16. The highest BCUT2D eigenvalue weighted by Gasteiger charge is 2.08. The third-order valence-corrected chi connectivity index (χ3v) is 3.69. The largest absolute Gasteiger partial charge is 0.366 e. The van der Waals surface area contributed by atoms with Gasteiger partial charge in [-0.25, -0.2) is 4.39 Å². The Labute approximate surface area is 111 Å². The molecule has 5 heteroatoms. The molecule has 1 unspecified atom stereocenters. The van der Waals surface area contributed by atoms with Gasteiger partial charge in [-0.15, -0.1) is 0 Å². The van der Waals surface area contributed by atoms with E-state index in [4.69, 9.17) is 5.73 Å². The van der Waals surface area contributed by atoms with Crippen LogP contribution in [0, 0.1) is 5.82 Å². The highest BCUT2D eigenvalue weighted by Crippen LogP contribution is 2.11. The van der Waals surface area contributed by atoms with Crippen LogP contribution in [0.2, 0.25) is 0 Å². The standard InChI is InChI=1S/C13H19FN2OS/c1-3-18-8-9(2)16-7-11-5-4-10(13(15)17)6-12(11)14/h4-6,9,16H,3,7-8H2,1-2H3,(H2,15,17). The summed E-state index contributed by atoms with van der Waals surface area (Å²) in [5.41, 5.74) is 5.84. The fourth-order valence-electron chi connectivity index (χ4n) is 1.48. The quantitative estimate of drug-likeness (QED) is 0.798. The number of carbonyl (C=O) groups excluding carboxylic acids is 1. The van der Waals surface area contributed by atoms with Gasteiger partial charge in [-0.2, -0.15) is 11.8 Å². The third-order valence-electron chi connectivity index (χ3n) is 2.55. The molecule has 0 saturated heterocycles. The van der Waals surface area contributed by atoms with Crippen molar-refractivity contribution in [2.24, 2.45) is 5.73 Å². The van der Waals surface area contributed by atoms with Gasteiger partial charge in [0.2, 0.25) is 5.91 Å². The first-order valence-electron chi connectivity index (χ1n) is 5.94. The van der Waals surface area contributed by atoms with Gasteiger partial charge in [-0.3, -0.25) is 4.79 Å². The van der Waals surface area contributed by atoms with E-state index in [1.165, 1.54) is 6.07 Å². The molecule has 18 heavy (non-hydrogen) atoms. The maximum atomic E-state index is 13.7. The minimum absolute atomic E-state index is 0.200. The highest BCUT2D eigenvalue weighted by molar-refractivity contribution is 7.99. The zero-order chi connectivity index (χ0) is 13.5. The van der Waals surface area contributed by atoms with E-state index >= 15 is 0 Å². The molecule has 0 radical (unpaired) electrons. The average molecular weight is 270 g/mol. The fraction of sp³-hybridized carbons (Fsp3) is 0.462. The smallest absolute Gasteiger partial charge is 0.248 e. The normalized spacial score (nSPS) is 12.4. The van der Waals surface area contributed by atoms with Crippen molar-refractivity contribution in [1.29, 1.82) is 0 Å². The summed E-state index contributed by atoms with van der Waals surface area (Å²) in [6.07, 6.45) is 0. The van der Waals surface area contributed by atoms with Crippen LogP contribution in [-0.2, 0) is 6.54 Å². The number of rotatable bonds is 7. The van der Waals surface area contributed by atoms with Crippen molar-refractivity contribution < 1.29 is 9.18 Å². The van der Waals surface area contributed by atoms with Crippen molar-refractivity contribution >= 4 is 17.7 Å². The van der Waals surface area contributed by atoms with E-state index in [2.05, 4.69) is 19.2 Å². The van der Waals surface area contributed by atoms with Gasteiger partial charge in [0.05, 0.1) is 0 Å². The van der Waals surface area contributed by atoms with Crippen LogP contribution in [0.3, 0.4) is 0 Å². The second kappa shape index (κ2) is 7.38. The summed E-state index contributed by atoms with van der Waals surface area (Å²) in [7, 11) is 0. The fourth-order valence-corrected chi connectivity index (χ4v) is 2.19. The molecule has 0 fully saturated rings. The number of primary amides is 1. The summed E-state index contributed by atoms with van der Waals surface area (Å²) in [6, 6.07) is 4.66. The van der Waals surface area contributed by atoms with Crippen LogP contribution in [0.5, 0.6) is 0 Å². The van der Waals surface area contributed by atoms with Gasteiger partial charge in [0, 0.05) is 29.5 Å². The molecule has 1 amide bonds. The Morgan fingerprint density at radius 1 is 1.56 bits per heavy atom. The molecule has 0 aliphatic heterocycles. The van der Waals surface area contributed by atoms with Crippen LogP contribution in [-0.4, -0.2) is 23.5 Å². The highest BCUT2D eigenvalue weighted by atomic mass is 32.2. The van der Waals surface area contributed by atoms with Crippen molar-refractivity contribution in [2.45, 2.75) is 26.4 Å². The number of hydrogen-bond acceptors (Lipinski definition) is 3. The minimum atomic E-state index is -0.610. The van der Waals surface area contributed by atoms with E-state index in [0.717, 1.165) is 11.5 Å². The van der Waals surface area contributed by atoms with Crippen LogP contribution in [0.1, 0.15) is 29.8 Å². The Balaban J connectivity index is 2.55. The number of benzene rings is 1. The molecule has 0 saturated carbocycles. The maximum Gasteiger partial charge on any atom is 0.248 e. The van der Waals surface area contributed by atoms with Gasteiger partial charge in [-0.1, -0.05) is 13.0 Å². The van der Waals surface area contributed by atoms with Gasteiger partial charge in [0.1, 0.15) is 5.82 Å². The SMILES string of the molecule is CCSCC(C)NCc1ccc(C(N)=O)cc1F. The number of nitrogens with one attached hydrogen (secondary N) is 1. The second-order valence-corrected chi connectivity index (χ2v) is 5.43. The summed E-state index contributed by atoms with van der Waals surface area (Å²) in [5, 5.41) is 3.25. The molecular weight excluding hydrogens is 251 g/mol. The third kappa shape index (κ3) is 4.66. The summed E-state index contributed by atoms with van der Waals surface area (Å²) < 4.78 is 13.7. The number of carbonyl (C=O) groups is 1. The van der Waals surface area contributed by atoms with Crippen LogP contribution in [0.4, 0.5) is 4.39 Å². The number of nitrogens with two attached hydrogens (primary N) is 1. The lowest BCUT2D eigenvalue weighted by atomic mass is 10.1. The summed E-state index contributed by atoms with van der Waals surface area (Å²) in [5.74, 6) is 1.07. The molecular formula is C13H19FN2OS. The molecule has 1 rings (SSSR count). The molecule has 100 valence electrons. The Morgan fingerprint density at radius 3 is 2.83 bits per heavy atom. The van der Waals surface area contributed by atoms with E-state index in [9.17, 15) is 9.18 Å². The lowest BCUT2D eigenvalue weighted by Gasteiger charge is -2.13. The van der Waals surface area contributed by atoms with Crippen molar-refractivity contribution in [3.63, 3.8) is 0 Å². The molecule has 3 N–H and O–H groups in total. The molecule has 1 atom stereocenters. The number of thioether (sulfide) groups is 1. The predicted molar refractivity (Wildman–Crippen MR) is 74.2 cm³/mol. The molecule has 0 heterocycles. The van der Waals surface area contributed by atoms with Crippen molar-refractivity contribution in [3.05, 3.63) is 35.1 Å². The average Bonchev–Trinajstić information content (AvgIpc) is 2.34. The minimum Gasteiger partial charge on any atom is -0.366 e. The Kier molecular flexibility index (Phi) is 6.15. The lowest BCUT2D eigenvalue weighted by Crippen LogP contribution is -2.28. The van der Waals surface area contributed by atoms with Crippen LogP contribution >= 0.6 is 11.8 Å². The van der Waals surface area contributed by atoms with E-state index in [0.29, 0.717) is 18.2 Å². The maximum absolute atomic E-state index is 13.7. The van der Waals surface area contributed by atoms with Crippen LogP contribution < -0.4 is 11.1 Å². The zero-order valence-electron chi connectivity index (χ0n) is 10.7. The summed E-state index contributed by atoms with van der Waals surface area (Å²) in [6.45, 7) is 4.63. The first-order valence-corrected chi connectivity index (χ1v) is 7.09. The molecule has 1 aromatic rings. The van der Waals surface area contributed by atoms with Crippen molar-refractivity contribution in [2.75, 3.05) is 11.5 Å². The van der Waals surface area contributed by atoms with Gasteiger partial charge in [-0.05, 0) is 24.8 Å². The van der Waals surface area contributed by atoms with Crippen molar-refractivity contribution in [1.82, 2.24) is 5.32 Å². The molecule has 0 spiro atoms. The Hall–Kier alpha value is -1.07. The number of hydrogen-bond donors (Lipinski definition) is 2. The monoisotopic (exact) mass is 270 g/mol. The Bertz CT molecular complexity index is 412. The van der Waals surface area contributed by atoms with Gasteiger partial charge in [0.15, 0.2) is 0 Å². The first-order chi connectivity index (χ1) is 8.54. The van der Waals surface area contributed by atoms with Gasteiger partial charge >= 0.3 is 0 Å². The molecule has 0 bridgehead atoms. The summed E-state index contributed by atoms with van der Waals surface area (Å²) in [4.78, 5) is 10.9. The summed E-state index contributed by atoms with van der Waals surface area (Å²) >= 11 is 1.84. The van der Waals surface area contributed by atoms with E-state index in [-0.39, 0.29) is 5.56 Å². The second-order valence-electron chi connectivity index (χ2n) is 4.11. The van der Waals surface area contributed by atoms with E-state index < -0.39 is 11.7 Å². The molecule has 0 aliphatic rings. The van der Waals surface area contributed by atoms with Crippen molar-refractivity contribution in [3.8, 4) is 0 Å². The molecule has 0 aromatic heterocycles.